The molecule has 0 amide bonds. The van der Waals surface area contributed by atoms with E-state index in [2.05, 4.69) is 0 Å². The summed E-state index contributed by atoms with van der Waals surface area (Å²) in [5.74, 6) is -4.12. The molecule has 0 aromatic carbocycles. The van der Waals surface area contributed by atoms with Gasteiger partial charge in [-0.25, -0.2) is 0 Å². The minimum Gasteiger partial charge on any atom is -0.547 e. The van der Waals surface area contributed by atoms with Crippen molar-refractivity contribution in [2.24, 2.45) is 0 Å². The number of rotatable bonds is 3. The molecule has 0 bridgehead atoms. The van der Waals surface area contributed by atoms with Gasteiger partial charge in [0.25, 0.3) is 0 Å². The van der Waals surface area contributed by atoms with Crippen LogP contribution in [0.25, 0.3) is 0 Å². The molecular weight excluding hydrogens is 249 g/mol. The van der Waals surface area contributed by atoms with Gasteiger partial charge in [0, 0.05) is 26.2 Å². The summed E-state index contributed by atoms with van der Waals surface area (Å²) in [6, 6.07) is 0. The number of aliphatic carboxylic acids is 2. The van der Waals surface area contributed by atoms with Crippen molar-refractivity contribution in [1.29, 1.82) is 0 Å². The number of hydrogen-bond acceptors (Lipinski definition) is 6. The fraction of sp³-hybridized carbons (Fsp3) is 0.500. The molecule has 70 valence electrons. The van der Waals surface area contributed by atoms with Crippen LogP contribution in [0.2, 0.25) is 0 Å². The van der Waals surface area contributed by atoms with Gasteiger partial charge < -0.3 is 36.2 Å². The van der Waals surface area contributed by atoms with Crippen LogP contribution in [-0.2, 0) is 35.8 Å². The molecule has 2 unspecified atom stereocenters. The summed E-state index contributed by atoms with van der Waals surface area (Å²) in [4.78, 5) is 19.3. The van der Waals surface area contributed by atoms with E-state index in [1.165, 1.54) is 0 Å². The Morgan fingerprint density at radius 3 is 1.25 bits per heavy atom. The van der Waals surface area contributed by atoms with Crippen LogP contribution in [0.1, 0.15) is 0 Å². The summed E-state index contributed by atoms with van der Waals surface area (Å²) < 4.78 is 0. The Labute approximate surface area is 86.7 Å². The molecule has 0 spiro atoms. The molecule has 2 atom stereocenters. The Morgan fingerprint density at radius 2 is 1.17 bits per heavy atom. The van der Waals surface area contributed by atoms with E-state index in [1.54, 1.807) is 0 Å². The second kappa shape index (κ2) is 7.36. The summed E-state index contributed by atoms with van der Waals surface area (Å²) >= 11 is 0. The van der Waals surface area contributed by atoms with Crippen LogP contribution >= 0.6 is 0 Å². The second-order valence-electron chi connectivity index (χ2n) is 1.53. The topological polar surface area (TPSA) is 157 Å². The molecule has 0 aliphatic heterocycles. The van der Waals surface area contributed by atoms with Crippen molar-refractivity contribution < 1.29 is 56.2 Å². The Hall–Kier alpha value is -0.297. The van der Waals surface area contributed by atoms with E-state index < -0.39 is 24.1 Å². The number of carboxylic acids is 2. The molecule has 0 aliphatic carbocycles. The fourth-order valence-electron chi connectivity index (χ4n) is 0.258. The average molecular weight is 257 g/mol. The zero-order chi connectivity index (χ0) is 8.31. The van der Waals surface area contributed by atoms with E-state index in [9.17, 15) is 19.8 Å². The number of carbonyl (C=O) groups excluding carboxylic acids is 2. The number of carboxylic acid groups (broad SMARTS) is 2. The van der Waals surface area contributed by atoms with Crippen molar-refractivity contribution in [2.75, 3.05) is 0 Å². The number of aliphatic hydroxyl groups is 2. The quantitative estimate of drug-likeness (QED) is 0.463. The van der Waals surface area contributed by atoms with E-state index >= 15 is 0 Å². The van der Waals surface area contributed by atoms with Crippen LogP contribution in [0.4, 0.5) is 0 Å². The van der Waals surface area contributed by atoms with E-state index in [0.29, 0.717) is 0 Å². The normalized spacial score (nSPS) is 13.2. The molecule has 0 saturated heterocycles. The molecule has 0 aromatic rings. The Bertz CT molecular complexity index is 144. The molecule has 0 aliphatic rings. The first-order valence-corrected chi connectivity index (χ1v) is 2.24. The largest absolute Gasteiger partial charge is 0.547 e. The maximum absolute atomic E-state index is 9.63. The predicted molar refractivity (Wildman–Crippen MR) is 28.0 cm³/mol. The summed E-state index contributed by atoms with van der Waals surface area (Å²) in [5.41, 5.74) is 0. The molecule has 7 nitrogen and oxygen atoms in total. The number of quaternary nitrogens is 1. The van der Waals surface area contributed by atoms with Crippen LogP contribution in [0.15, 0.2) is 0 Å². The van der Waals surface area contributed by atoms with Crippen molar-refractivity contribution in [3.05, 3.63) is 0 Å². The van der Waals surface area contributed by atoms with Gasteiger partial charge >= 0.3 is 0 Å². The van der Waals surface area contributed by atoms with Gasteiger partial charge in [0.2, 0.25) is 0 Å². The van der Waals surface area contributed by atoms with Crippen molar-refractivity contribution >= 4 is 11.9 Å². The zero-order valence-corrected chi connectivity index (χ0v) is 8.64. The van der Waals surface area contributed by atoms with Gasteiger partial charge in [0.15, 0.2) is 0 Å². The summed E-state index contributed by atoms with van der Waals surface area (Å²) in [6.45, 7) is 0. The molecule has 0 fully saturated rings. The maximum atomic E-state index is 9.63. The molecule has 0 radical (unpaired) electrons. The molecule has 0 aromatic heterocycles. The minimum absolute atomic E-state index is 0. The molecule has 0 saturated carbocycles. The van der Waals surface area contributed by atoms with Crippen LogP contribution in [0.5, 0.6) is 0 Å². The van der Waals surface area contributed by atoms with Crippen LogP contribution < -0.4 is 16.4 Å². The van der Waals surface area contributed by atoms with Crippen LogP contribution in [0, 0.1) is 0 Å². The molecule has 8 heteroatoms. The summed E-state index contributed by atoms with van der Waals surface area (Å²) in [7, 11) is 0. The molecule has 12 heavy (non-hydrogen) atoms. The first-order chi connectivity index (χ1) is 4.46. The third-order valence-corrected chi connectivity index (χ3v) is 0.782. The molecule has 6 N–H and O–H groups in total. The number of hydrogen-bond donors (Lipinski definition) is 3. The van der Waals surface area contributed by atoms with Gasteiger partial charge in [-0.1, -0.05) is 0 Å². The van der Waals surface area contributed by atoms with Gasteiger partial charge in [-0.15, -0.1) is 0 Å². The van der Waals surface area contributed by atoms with Crippen molar-refractivity contribution in [3.63, 3.8) is 0 Å². The zero-order valence-electron chi connectivity index (χ0n) is 6.18. The first-order valence-electron chi connectivity index (χ1n) is 2.24. The molecular formula is C4H8NO6Zr-. The summed E-state index contributed by atoms with van der Waals surface area (Å²) in [6.07, 6.45) is -4.88. The van der Waals surface area contributed by atoms with Gasteiger partial charge in [-0.3, -0.25) is 0 Å². The molecule has 0 heterocycles. The second-order valence-corrected chi connectivity index (χ2v) is 1.53. The van der Waals surface area contributed by atoms with Crippen molar-refractivity contribution in [3.8, 4) is 0 Å². The Kier molecular flexibility index (Phi) is 10.9. The molecule has 0 rings (SSSR count). The first kappa shape index (κ1) is 17.7. The summed E-state index contributed by atoms with van der Waals surface area (Å²) in [5, 5.41) is 35.7. The van der Waals surface area contributed by atoms with Crippen molar-refractivity contribution in [1.82, 2.24) is 6.15 Å². The van der Waals surface area contributed by atoms with E-state index in [4.69, 9.17) is 10.2 Å². The van der Waals surface area contributed by atoms with Crippen LogP contribution in [0.3, 0.4) is 0 Å². The third-order valence-electron chi connectivity index (χ3n) is 0.782. The number of carbonyl (C=O) groups is 2. The standard InChI is InChI=1S/C4H6O6.H3N.Zr/c5-1(3(7)8)2(6)4(9)10;;/h1-2,5-6H,(H,7,8)(H,9,10);1H3;/p-1. The number of aliphatic hydroxyl groups excluding tert-OH is 2. The van der Waals surface area contributed by atoms with Gasteiger partial charge in [0.05, 0.1) is 11.9 Å². The van der Waals surface area contributed by atoms with Gasteiger partial charge in [0.1, 0.15) is 12.2 Å². The van der Waals surface area contributed by atoms with Crippen molar-refractivity contribution in [2.45, 2.75) is 12.2 Å². The predicted octanol–water partition coefficient (Wildman–Crippen LogP) is -4.42. The Morgan fingerprint density at radius 1 is 1.00 bits per heavy atom. The van der Waals surface area contributed by atoms with E-state index in [1.807, 2.05) is 0 Å². The SMILES string of the molecule is O=C([O-])C(O)C(O)C(=O)[O-].[NH4+].[Zr]. The smallest absolute Gasteiger partial charge is 0.124 e. The maximum Gasteiger partial charge on any atom is 0.124 e. The van der Waals surface area contributed by atoms with E-state index in [0.717, 1.165) is 0 Å². The van der Waals surface area contributed by atoms with Crippen LogP contribution in [-0.4, -0.2) is 34.4 Å². The fourth-order valence-corrected chi connectivity index (χ4v) is 0.258. The monoisotopic (exact) mass is 256 g/mol. The van der Waals surface area contributed by atoms with E-state index in [-0.39, 0.29) is 32.4 Å². The van der Waals surface area contributed by atoms with Gasteiger partial charge in [-0.2, -0.15) is 0 Å². The van der Waals surface area contributed by atoms with Gasteiger partial charge in [-0.05, 0) is 0 Å². The third kappa shape index (κ3) is 5.37. The average Bonchev–Trinajstić information content (AvgIpc) is 1.84. The Balaban J connectivity index is -0.000000405. The minimum atomic E-state index is -2.44.